The van der Waals surface area contributed by atoms with Crippen molar-refractivity contribution in [2.75, 3.05) is 24.2 Å². The Morgan fingerprint density at radius 2 is 1.72 bits per heavy atom. The molecular formula is C20H21N5O4. The van der Waals surface area contributed by atoms with E-state index in [1.807, 2.05) is 54.6 Å². The number of nitrogens with two attached hydrogens (primary N) is 1. The van der Waals surface area contributed by atoms with Crippen LogP contribution in [-0.2, 0) is 6.61 Å². The predicted octanol–water partition coefficient (Wildman–Crippen LogP) is 3.21. The number of H-pyrrole nitrogens is 1. The van der Waals surface area contributed by atoms with Gasteiger partial charge in [0.15, 0.2) is 5.82 Å². The molecule has 0 fully saturated rings. The van der Waals surface area contributed by atoms with E-state index in [1.54, 1.807) is 0 Å². The SMILES string of the molecule is Nc1nc(NCCCOc2ccc(OCc3ccccc3)cc2)c(N=O)c(=O)[nH]1. The van der Waals surface area contributed by atoms with Crippen molar-refractivity contribution in [1.29, 1.82) is 0 Å². The van der Waals surface area contributed by atoms with Crippen molar-refractivity contribution in [1.82, 2.24) is 9.97 Å². The molecule has 150 valence electrons. The number of nitrogen functional groups attached to an aromatic ring is 1. The molecule has 0 amide bonds. The van der Waals surface area contributed by atoms with Crippen LogP contribution in [-0.4, -0.2) is 23.1 Å². The fraction of sp³-hybridized carbons (Fsp3) is 0.200. The molecule has 0 aliphatic heterocycles. The molecule has 9 nitrogen and oxygen atoms in total. The highest BCUT2D eigenvalue weighted by atomic mass is 16.5. The number of aromatic amines is 1. The van der Waals surface area contributed by atoms with Crippen LogP contribution in [0.15, 0.2) is 64.6 Å². The fourth-order valence-corrected chi connectivity index (χ4v) is 2.53. The highest BCUT2D eigenvalue weighted by Crippen LogP contribution is 2.19. The van der Waals surface area contributed by atoms with Gasteiger partial charge in [-0.2, -0.15) is 4.98 Å². The average molecular weight is 395 g/mol. The van der Waals surface area contributed by atoms with E-state index in [2.05, 4.69) is 20.5 Å². The Kier molecular flexibility index (Phi) is 6.77. The molecule has 9 heteroatoms. The molecule has 0 saturated heterocycles. The minimum absolute atomic E-state index is 0.0566. The van der Waals surface area contributed by atoms with Crippen LogP contribution in [0.4, 0.5) is 17.5 Å². The Hall–Kier alpha value is -3.88. The van der Waals surface area contributed by atoms with Crippen molar-refractivity contribution in [2.24, 2.45) is 5.18 Å². The van der Waals surface area contributed by atoms with Gasteiger partial charge in [0.2, 0.25) is 11.6 Å². The summed E-state index contributed by atoms with van der Waals surface area (Å²) in [6.45, 7) is 1.36. The van der Waals surface area contributed by atoms with E-state index in [0.29, 0.717) is 31.9 Å². The van der Waals surface area contributed by atoms with Crippen LogP contribution < -0.4 is 26.1 Å². The van der Waals surface area contributed by atoms with Gasteiger partial charge in [-0.15, -0.1) is 4.91 Å². The monoisotopic (exact) mass is 395 g/mol. The smallest absolute Gasteiger partial charge is 0.284 e. The van der Waals surface area contributed by atoms with Crippen molar-refractivity contribution < 1.29 is 9.47 Å². The molecule has 0 radical (unpaired) electrons. The van der Waals surface area contributed by atoms with Crippen LogP contribution in [0, 0.1) is 4.91 Å². The highest BCUT2D eigenvalue weighted by Gasteiger charge is 2.10. The second kappa shape index (κ2) is 9.88. The number of hydrogen-bond acceptors (Lipinski definition) is 8. The zero-order chi connectivity index (χ0) is 20.5. The Morgan fingerprint density at radius 1 is 1.03 bits per heavy atom. The predicted molar refractivity (Wildman–Crippen MR) is 111 cm³/mol. The molecule has 2 aromatic carbocycles. The summed E-state index contributed by atoms with van der Waals surface area (Å²) in [7, 11) is 0. The zero-order valence-corrected chi connectivity index (χ0v) is 15.6. The first-order valence-electron chi connectivity index (χ1n) is 9.02. The maximum atomic E-state index is 11.6. The number of hydrogen-bond donors (Lipinski definition) is 3. The van der Waals surface area contributed by atoms with E-state index in [1.165, 1.54) is 0 Å². The lowest BCUT2D eigenvalue weighted by molar-refractivity contribution is 0.301. The Morgan fingerprint density at radius 3 is 2.41 bits per heavy atom. The van der Waals surface area contributed by atoms with Crippen molar-refractivity contribution in [3.63, 3.8) is 0 Å². The second-order valence-corrected chi connectivity index (χ2v) is 6.11. The largest absolute Gasteiger partial charge is 0.494 e. The molecule has 0 aliphatic rings. The highest BCUT2D eigenvalue weighted by molar-refractivity contribution is 5.60. The van der Waals surface area contributed by atoms with Crippen molar-refractivity contribution in [2.45, 2.75) is 13.0 Å². The first-order valence-corrected chi connectivity index (χ1v) is 9.02. The van der Waals surface area contributed by atoms with Crippen LogP contribution in [0.25, 0.3) is 0 Å². The van der Waals surface area contributed by atoms with Crippen LogP contribution in [0.5, 0.6) is 11.5 Å². The van der Waals surface area contributed by atoms with Crippen LogP contribution >= 0.6 is 0 Å². The standard InChI is InChI=1S/C20H21N5O4/c21-20-23-18(17(25-27)19(26)24-20)22-11-4-12-28-15-7-9-16(10-8-15)29-13-14-5-2-1-3-6-14/h1-3,5-10H,4,11-13H2,(H4,21,22,23,24,26). The number of nitrogens with zero attached hydrogens (tertiary/aromatic N) is 2. The molecule has 0 atom stereocenters. The lowest BCUT2D eigenvalue weighted by Gasteiger charge is -2.10. The second-order valence-electron chi connectivity index (χ2n) is 6.11. The summed E-state index contributed by atoms with van der Waals surface area (Å²) >= 11 is 0. The van der Waals surface area contributed by atoms with Crippen molar-refractivity contribution in [3.8, 4) is 11.5 Å². The molecule has 0 saturated carbocycles. The van der Waals surface area contributed by atoms with Gasteiger partial charge in [0.25, 0.3) is 5.56 Å². The van der Waals surface area contributed by atoms with Gasteiger partial charge >= 0.3 is 0 Å². The Balaban J connectivity index is 1.41. The summed E-state index contributed by atoms with van der Waals surface area (Å²) in [5, 5.41) is 5.55. The van der Waals surface area contributed by atoms with E-state index in [4.69, 9.17) is 15.2 Å². The molecule has 1 heterocycles. The normalized spacial score (nSPS) is 10.3. The van der Waals surface area contributed by atoms with Gasteiger partial charge in [-0.25, -0.2) is 0 Å². The minimum Gasteiger partial charge on any atom is -0.494 e. The summed E-state index contributed by atoms with van der Waals surface area (Å²) in [5.41, 5.74) is 5.57. The quantitative estimate of drug-likeness (QED) is 0.355. The topological polar surface area (TPSA) is 132 Å². The average Bonchev–Trinajstić information content (AvgIpc) is 2.73. The van der Waals surface area contributed by atoms with Crippen LogP contribution in [0.3, 0.4) is 0 Å². The lowest BCUT2D eigenvalue weighted by atomic mass is 10.2. The molecule has 3 rings (SSSR count). The first kappa shape index (κ1) is 19.9. The summed E-state index contributed by atoms with van der Waals surface area (Å²) in [4.78, 5) is 28.4. The first-order chi connectivity index (χ1) is 14.2. The number of nitroso groups, excluding NO2 is 1. The molecule has 0 bridgehead atoms. The molecule has 4 N–H and O–H groups in total. The number of aromatic nitrogens is 2. The third kappa shape index (κ3) is 5.80. The molecule has 0 aliphatic carbocycles. The van der Waals surface area contributed by atoms with Crippen molar-refractivity contribution >= 4 is 17.5 Å². The van der Waals surface area contributed by atoms with Gasteiger partial charge in [0.05, 0.1) is 6.61 Å². The van der Waals surface area contributed by atoms with E-state index in [9.17, 15) is 9.70 Å². The Labute approximate surface area is 166 Å². The van der Waals surface area contributed by atoms with Gasteiger partial charge < -0.3 is 20.5 Å². The number of rotatable bonds is 10. The van der Waals surface area contributed by atoms with Gasteiger partial charge in [0, 0.05) is 6.54 Å². The maximum Gasteiger partial charge on any atom is 0.284 e. The Bertz CT molecular complexity index is 990. The summed E-state index contributed by atoms with van der Waals surface area (Å²) in [6.07, 6.45) is 0.610. The zero-order valence-electron chi connectivity index (χ0n) is 15.6. The van der Waals surface area contributed by atoms with Gasteiger partial charge in [-0.05, 0) is 41.4 Å². The molecule has 29 heavy (non-hydrogen) atoms. The van der Waals surface area contributed by atoms with Crippen LogP contribution in [0.2, 0.25) is 0 Å². The van der Waals surface area contributed by atoms with Gasteiger partial charge in [-0.3, -0.25) is 9.78 Å². The lowest BCUT2D eigenvalue weighted by Crippen LogP contribution is -2.15. The van der Waals surface area contributed by atoms with E-state index < -0.39 is 5.56 Å². The minimum atomic E-state index is -0.680. The van der Waals surface area contributed by atoms with E-state index in [-0.39, 0.29) is 17.5 Å². The molecule has 1 aromatic heterocycles. The molecule has 0 spiro atoms. The van der Waals surface area contributed by atoms with E-state index in [0.717, 1.165) is 11.3 Å². The summed E-state index contributed by atoms with van der Waals surface area (Å²) < 4.78 is 11.4. The molecular weight excluding hydrogens is 374 g/mol. The van der Waals surface area contributed by atoms with Gasteiger partial charge in [0.1, 0.15) is 18.1 Å². The summed E-state index contributed by atoms with van der Waals surface area (Å²) in [5.74, 6) is 1.44. The fourth-order valence-electron chi connectivity index (χ4n) is 2.53. The number of nitrogens with one attached hydrogen (secondary N) is 2. The van der Waals surface area contributed by atoms with E-state index >= 15 is 0 Å². The molecule has 0 unspecified atom stereocenters. The summed E-state index contributed by atoms with van der Waals surface area (Å²) in [6, 6.07) is 17.3. The number of benzene rings is 2. The van der Waals surface area contributed by atoms with Crippen LogP contribution in [0.1, 0.15) is 12.0 Å². The third-order valence-corrected chi connectivity index (χ3v) is 3.96. The van der Waals surface area contributed by atoms with Gasteiger partial charge in [-0.1, -0.05) is 30.3 Å². The number of ether oxygens (including phenoxy) is 2. The third-order valence-electron chi connectivity index (χ3n) is 3.96. The maximum absolute atomic E-state index is 11.6. The number of anilines is 2. The van der Waals surface area contributed by atoms with Crippen molar-refractivity contribution in [3.05, 3.63) is 75.4 Å². The molecule has 3 aromatic rings.